The molecule has 1 saturated heterocycles. The second-order valence-electron chi connectivity index (χ2n) is 5.87. The number of nitrogens with one attached hydrogen (secondary N) is 1. The predicted molar refractivity (Wildman–Crippen MR) is 77.7 cm³/mol. The fraction of sp³-hybridized carbons (Fsp3) is 0.533. The Bertz CT molecular complexity index is 428. The van der Waals surface area contributed by atoms with Gasteiger partial charge in [-0.1, -0.05) is 0 Å². The standard InChI is InChI=1S/C15H22N2O2/c1-15(2,3)19-14(18)16-12-6-8-13(9-7-12)17-10-4-5-11-17/h6-9H,4-5,10-11H2,1-3H3,(H,16,18). The Kier molecular flexibility index (Phi) is 3.98. The largest absolute Gasteiger partial charge is 0.444 e. The maximum absolute atomic E-state index is 11.6. The Balaban J connectivity index is 1.93. The van der Waals surface area contributed by atoms with Crippen LogP contribution in [0, 0.1) is 0 Å². The van der Waals surface area contributed by atoms with Gasteiger partial charge in [-0.25, -0.2) is 4.79 Å². The zero-order valence-electron chi connectivity index (χ0n) is 11.9. The molecule has 4 nitrogen and oxygen atoms in total. The molecule has 0 unspecified atom stereocenters. The molecule has 19 heavy (non-hydrogen) atoms. The minimum atomic E-state index is -0.473. The van der Waals surface area contributed by atoms with Crippen LogP contribution in [0.1, 0.15) is 33.6 Å². The summed E-state index contributed by atoms with van der Waals surface area (Å²) in [6, 6.07) is 7.91. The van der Waals surface area contributed by atoms with Gasteiger partial charge in [-0.15, -0.1) is 0 Å². The van der Waals surface area contributed by atoms with Crippen molar-refractivity contribution in [1.29, 1.82) is 0 Å². The molecule has 1 amide bonds. The number of anilines is 2. The molecule has 0 aliphatic carbocycles. The first-order valence-corrected chi connectivity index (χ1v) is 6.79. The summed E-state index contributed by atoms with van der Waals surface area (Å²) in [6.45, 7) is 7.80. The van der Waals surface area contributed by atoms with Crippen LogP contribution < -0.4 is 10.2 Å². The van der Waals surface area contributed by atoms with E-state index < -0.39 is 11.7 Å². The van der Waals surface area contributed by atoms with E-state index in [-0.39, 0.29) is 0 Å². The van der Waals surface area contributed by atoms with E-state index in [1.807, 2.05) is 45.0 Å². The van der Waals surface area contributed by atoms with Crippen molar-refractivity contribution >= 4 is 17.5 Å². The van der Waals surface area contributed by atoms with E-state index in [0.29, 0.717) is 0 Å². The highest BCUT2D eigenvalue weighted by molar-refractivity contribution is 5.85. The van der Waals surface area contributed by atoms with Crippen LogP contribution in [0.15, 0.2) is 24.3 Å². The van der Waals surface area contributed by atoms with Crippen LogP contribution in [-0.4, -0.2) is 24.8 Å². The number of amides is 1. The van der Waals surface area contributed by atoms with Crippen LogP contribution in [0.4, 0.5) is 16.2 Å². The Morgan fingerprint density at radius 3 is 2.26 bits per heavy atom. The van der Waals surface area contributed by atoms with Gasteiger partial charge in [-0.2, -0.15) is 0 Å². The van der Waals surface area contributed by atoms with Crippen LogP contribution in [-0.2, 0) is 4.74 Å². The van der Waals surface area contributed by atoms with Crippen molar-refractivity contribution in [2.24, 2.45) is 0 Å². The number of hydrogen-bond acceptors (Lipinski definition) is 3. The van der Waals surface area contributed by atoms with Crippen molar-refractivity contribution < 1.29 is 9.53 Å². The molecule has 0 atom stereocenters. The van der Waals surface area contributed by atoms with Gasteiger partial charge in [-0.3, -0.25) is 5.32 Å². The second-order valence-corrected chi connectivity index (χ2v) is 5.87. The summed E-state index contributed by atoms with van der Waals surface area (Å²) >= 11 is 0. The van der Waals surface area contributed by atoms with Crippen molar-refractivity contribution in [3.8, 4) is 0 Å². The van der Waals surface area contributed by atoms with Gasteiger partial charge in [0.05, 0.1) is 0 Å². The zero-order valence-corrected chi connectivity index (χ0v) is 11.9. The molecule has 1 aliphatic rings. The van der Waals surface area contributed by atoms with Gasteiger partial charge in [0.15, 0.2) is 0 Å². The van der Waals surface area contributed by atoms with Crippen molar-refractivity contribution in [1.82, 2.24) is 0 Å². The van der Waals surface area contributed by atoms with E-state index in [4.69, 9.17) is 4.74 Å². The Morgan fingerprint density at radius 2 is 1.74 bits per heavy atom. The lowest BCUT2D eigenvalue weighted by atomic mass is 10.2. The smallest absolute Gasteiger partial charge is 0.412 e. The van der Waals surface area contributed by atoms with Crippen LogP contribution in [0.5, 0.6) is 0 Å². The summed E-state index contributed by atoms with van der Waals surface area (Å²) in [5.74, 6) is 0. The molecule has 104 valence electrons. The molecule has 1 aliphatic heterocycles. The number of carbonyl (C=O) groups excluding carboxylic acids is 1. The highest BCUT2D eigenvalue weighted by Crippen LogP contribution is 2.22. The van der Waals surface area contributed by atoms with Crippen LogP contribution in [0.25, 0.3) is 0 Å². The molecule has 4 heteroatoms. The third kappa shape index (κ3) is 4.16. The van der Waals surface area contributed by atoms with E-state index in [9.17, 15) is 4.79 Å². The highest BCUT2D eigenvalue weighted by Gasteiger charge is 2.16. The number of ether oxygens (including phenoxy) is 1. The molecule has 0 spiro atoms. The maximum Gasteiger partial charge on any atom is 0.412 e. The van der Waals surface area contributed by atoms with Gasteiger partial charge >= 0.3 is 6.09 Å². The monoisotopic (exact) mass is 262 g/mol. The van der Waals surface area contributed by atoms with Gasteiger partial charge < -0.3 is 9.64 Å². The first-order chi connectivity index (χ1) is 8.94. The Hall–Kier alpha value is -1.71. The molecule has 1 aromatic carbocycles. The molecular weight excluding hydrogens is 240 g/mol. The van der Waals surface area contributed by atoms with Crippen molar-refractivity contribution in [3.63, 3.8) is 0 Å². The fourth-order valence-electron chi connectivity index (χ4n) is 2.15. The van der Waals surface area contributed by atoms with E-state index >= 15 is 0 Å². The normalized spacial score (nSPS) is 15.4. The average Bonchev–Trinajstić information content (AvgIpc) is 2.80. The quantitative estimate of drug-likeness (QED) is 0.884. The Morgan fingerprint density at radius 1 is 1.16 bits per heavy atom. The molecule has 0 saturated carbocycles. The van der Waals surface area contributed by atoms with E-state index in [0.717, 1.165) is 18.8 Å². The Labute approximate surface area is 114 Å². The predicted octanol–water partition coefficient (Wildman–Crippen LogP) is 3.63. The lowest BCUT2D eigenvalue weighted by Crippen LogP contribution is -2.27. The summed E-state index contributed by atoms with van der Waals surface area (Å²) in [5.41, 5.74) is 1.50. The number of benzene rings is 1. The summed E-state index contributed by atoms with van der Waals surface area (Å²) in [7, 11) is 0. The second kappa shape index (κ2) is 5.51. The summed E-state index contributed by atoms with van der Waals surface area (Å²) in [4.78, 5) is 14.0. The van der Waals surface area contributed by atoms with Crippen molar-refractivity contribution in [3.05, 3.63) is 24.3 Å². The highest BCUT2D eigenvalue weighted by atomic mass is 16.6. The fourth-order valence-corrected chi connectivity index (χ4v) is 2.15. The molecule has 0 bridgehead atoms. The van der Waals surface area contributed by atoms with Gasteiger partial charge in [0.2, 0.25) is 0 Å². The first kappa shape index (κ1) is 13.7. The summed E-state index contributed by atoms with van der Waals surface area (Å²) in [6.07, 6.45) is 2.11. The number of carbonyl (C=O) groups is 1. The van der Waals surface area contributed by atoms with Crippen molar-refractivity contribution in [2.45, 2.75) is 39.2 Å². The van der Waals surface area contributed by atoms with E-state index in [1.165, 1.54) is 18.5 Å². The summed E-state index contributed by atoms with van der Waals surface area (Å²) < 4.78 is 5.21. The minimum absolute atomic E-state index is 0.415. The minimum Gasteiger partial charge on any atom is -0.444 e. The summed E-state index contributed by atoms with van der Waals surface area (Å²) in [5, 5.41) is 2.74. The third-order valence-corrected chi connectivity index (χ3v) is 2.98. The lowest BCUT2D eigenvalue weighted by Gasteiger charge is -2.20. The SMILES string of the molecule is CC(C)(C)OC(=O)Nc1ccc(N2CCCC2)cc1. The number of rotatable bonds is 2. The van der Waals surface area contributed by atoms with Crippen LogP contribution in [0.2, 0.25) is 0 Å². The molecule has 1 heterocycles. The van der Waals surface area contributed by atoms with E-state index in [1.54, 1.807) is 0 Å². The molecule has 1 aromatic rings. The van der Waals surface area contributed by atoms with Gasteiger partial charge in [-0.05, 0) is 57.9 Å². The van der Waals surface area contributed by atoms with Crippen molar-refractivity contribution in [2.75, 3.05) is 23.3 Å². The topological polar surface area (TPSA) is 41.6 Å². The molecular formula is C15H22N2O2. The van der Waals surface area contributed by atoms with Gasteiger partial charge in [0.25, 0.3) is 0 Å². The van der Waals surface area contributed by atoms with Crippen LogP contribution >= 0.6 is 0 Å². The van der Waals surface area contributed by atoms with Crippen LogP contribution in [0.3, 0.4) is 0 Å². The lowest BCUT2D eigenvalue weighted by molar-refractivity contribution is 0.0636. The third-order valence-electron chi connectivity index (χ3n) is 2.98. The zero-order chi connectivity index (χ0) is 13.9. The van der Waals surface area contributed by atoms with Gasteiger partial charge in [0, 0.05) is 24.5 Å². The average molecular weight is 262 g/mol. The van der Waals surface area contributed by atoms with E-state index in [2.05, 4.69) is 10.2 Å². The first-order valence-electron chi connectivity index (χ1n) is 6.79. The number of nitrogens with zero attached hydrogens (tertiary/aromatic N) is 1. The van der Waals surface area contributed by atoms with Gasteiger partial charge in [0.1, 0.15) is 5.60 Å². The molecule has 1 N–H and O–H groups in total. The molecule has 0 aromatic heterocycles. The number of hydrogen-bond donors (Lipinski definition) is 1. The molecule has 1 fully saturated rings. The maximum atomic E-state index is 11.6. The molecule has 2 rings (SSSR count). The molecule has 0 radical (unpaired) electrons.